The Morgan fingerprint density at radius 1 is 1.80 bits per heavy atom. The number of nitrogens with two attached hydrogens (primary N) is 1. The summed E-state index contributed by atoms with van der Waals surface area (Å²) in [6.45, 7) is 2.25. The predicted octanol–water partition coefficient (Wildman–Crippen LogP) is 1.38. The SMILES string of the molecule is C#CCCC(N)C1CC1C. The summed E-state index contributed by atoms with van der Waals surface area (Å²) in [6.07, 6.45) is 8.28. The fraction of sp³-hybridized carbons (Fsp3) is 0.778. The average molecular weight is 137 g/mol. The molecule has 0 bridgehead atoms. The van der Waals surface area contributed by atoms with Gasteiger partial charge >= 0.3 is 0 Å². The van der Waals surface area contributed by atoms with Crippen molar-refractivity contribution >= 4 is 0 Å². The van der Waals surface area contributed by atoms with Crippen molar-refractivity contribution in [3.63, 3.8) is 0 Å². The molecular formula is C9H15N. The van der Waals surface area contributed by atoms with Crippen LogP contribution < -0.4 is 5.73 Å². The van der Waals surface area contributed by atoms with Crippen molar-refractivity contribution in [2.45, 2.75) is 32.2 Å². The van der Waals surface area contributed by atoms with Gasteiger partial charge in [-0.2, -0.15) is 0 Å². The van der Waals surface area contributed by atoms with E-state index in [1.54, 1.807) is 0 Å². The minimum absolute atomic E-state index is 0.367. The molecule has 0 heterocycles. The van der Waals surface area contributed by atoms with Crippen LogP contribution in [-0.4, -0.2) is 6.04 Å². The molecule has 0 aliphatic heterocycles. The van der Waals surface area contributed by atoms with Crippen LogP contribution in [0.4, 0.5) is 0 Å². The van der Waals surface area contributed by atoms with Gasteiger partial charge in [0.1, 0.15) is 0 Å². The molecule has 0 aromatic carbocycles. The molecule has 0 saturated heterocycles. The second-order valence-corrected chi connectivity index (χ2v) is 3.28. The van der Waals surface area contributed by atoms with E-state index >= 15 is 0 Å². The van der Waals surface area contributed by atoms with Gasteiger partial charge in [0.2, 0.25) is 0 Å². The van der Waals surface area contributed by atoms with Crippen molar-refractivity contribution < 1.29 is 0 Å². The van der Waals surface area contributed by atoms with Gasteiger partial charge in [-0.25, -0.2) is 0 Å². The Hall–Kier alpha value is -0.480. The highest BCUT2D eigenvalue weighted by Gasteiger charge is 2.36. The van der Waals surface area contributed by atoms with Crippen molar-refractivity contribution in [1.82, 2.24) is 0 Å². The zero-order valence-corrected chi connectivity index (χ0v) is 6.51. The Labute approximate surface area is 63.0 Å². The molecule has 1 fully saturated rings. The third-order valence-corrected chi connectivity index (χ3v) is 2.34. The van der Waals surface area contributed by atoms with Gasteiger partial charge in [0, 0.05) is 12.5 Å². The number of hydrogen-bond donors (Lipinski definition) is 1. The first-order valence-corrected chi connectivity index (χ1v) is 3.94. The van der Waals surface area contributed by atoms with Gasteiger partial charge in [-0.15, -0.1) is 12.3 Å². The maximum Gasteiger partial charge on any atom is 0.0101 e. The lowest BCUT2D eigenvalue weighted by Gasteiger charge is -2.06. The highest BCUT2D eigenvalue weighted by atomic mass is 14.7. The van der Waals surface area contributed by atoms with Gasteiger partial charge < -0.3 is 5.73 Å². The van der Waals surface area contributed by atoms with Crippen molar-refractivity contribution in [3.05, 3.63) is 0 Å². The van der Waals surface area contributed by atoms with E-state index in [-0.39, 0.29) is 0 Å². The Morgan fingerprint density at radius 2 is 2.40 bits per heavy atom. The topological polar surface area (TPSA) is 26.0 Å². The summed E-state index contributed by atoms with van der Waals surface area (Å²) < 4.78 is 0. The molecule has 1 aliphatic rings. The minimum Gasteiger partial charge on any atom is -0.327 e. The minimum atomic E-state index is 0.367. The number of rotatable bonds is 3. The number of terminal acetylenes is 1. The molecule has 1 nitrogen and oxygen atoms in total. The van der Waals surface area contributed by atoms with Crippen LogP contribution in [0.25, 0.3) is 0 Å². The molecule has 10 heavy (non-hydrogen) atoms. The maximum absolute atomic E-state index is 5.86. The first-order valence-electron chi connectivity index (χ1n) is 3.94. The Morgan fingerprint density at radius 3 is 2.80 bits per heavy atom. The first kappa shape index (κ1) is 7.63. The summed E-state index contributed by atoms with van der Waals surface area (Å²) in [4.78, 5) is 0. The normalized spacial score (nSPS) is 32.9. The van der Waals surface area contributed by atoms with Crippen LogP contribution in [0.15, 0.2) is 0 Å². The molecule has 1 aliphatic carbocycles. The second-order valence-electron chi connectivity index (χ2n) is 3.28. The van der Waals surface area contributed by atoms with E-state index in [4.69, 9.17) is 12.2 Å². The van der Waals surface area contributed by atoms with Gasteiger partial charge in [-0.3, -0.25) is 0 Å². The average Bonchev–Trinajstić information content (AvgIpc) is 2.62. The molecule has 2 N–H and O–H groups in total. The van der Waals surface area contributed by atoms with Crippen LogP contribution in [0.3, 0.4) is 0 Å². The third-order valence-electron chi connectivity index (χ3n) is 2.34. The van der Waals surface area contributed by atoms with E-state index in [9.17, 15) is 0 Å². The molecule has 3 unspecified atom stereocenters. The van der Waals surface area contributed by atoms with Crippen LogP contribution in [0.5, 0.6) is 0 Å². The summed E-state index contributed by atoms with van der Waals surface area (Å²) in [6, 6.07) is 0.367. The van der Waals surface area contributed by atoms with Crippen LogP contribution in [0.1, 0.15) is 26.2 Å². The molecule has 0 aromatic rings. The highest BCUT2D eigenvalue weighted by molar-refractivity contribution is 4.93. The monoisotopic (exact) mass is 137 g/mol. The van der Waals surface area contributed by atoms with E-state index in [1.807, 2.05) is 0 Å². The van der Waals surface area contributed by atoms with Crippen molar-refractivity contribution in [1.29, 1.82) is 0 Å². The Balaban J connectivity index is 2.11. The van der Waals surface area contributed by atoms with E-state index in [0.29, 0.717) is 6.04 Å². The number of hydrogen-bond acceptors (Lipinski definition) is 1. The van der Waals surface area contributed by atoms with Crippen LogP contribution in [0.2, 0.25) is 0 Å². The lowest BCUT2D eigenvalue weighted by atomic mass is 10.1. The zero-order valence-electron chi connectivity index (χ0n) is 6.51. The van der Waals surface area contributed by atoms with Crippen molar-refractivity contribution in [2.24, 2.45) is 17.6 Å². The third kappa shape index (κ3) is 1.75. The summed E-state index contributed by atoms with van der Waals surface area (Å²) >= 11 is 0. The fourth-order valence-corrected chi connectivity index (χ4v) is 1.41. The summed E-state index contributed by atoms with van der Waals surface area (Å²) in [5, 5.41) is 0. The van der Waals surface area contributed by atoms with Crippen molar-refractivity contribution in [3.8, 4) is 12.3 Å². The Kier molecular flexibility index (Phi) is 2.34. The van der Waals surface area contributed by atoms with Gasteiger partial charge in [0.05, 0.1) is 0 Å². The second kappa shape index (κ2) is 3.07. The molecule has 1 rings (SSSR count). The smallest absolute Gasteiger partial charge is 0.0101 e. The van der Waals surface area contributed by atoms with E-state index in [2.05, 4.69) is 12.8 Å². The molecule has 0 amide bonds. The standard InChI is InChI=1S/C9H15N/c1-3-4-5-9(10)8-6-7(8)2/h1,7-9H,4-6,10H2,2H3. The van der Waals surface area contributed by atoms with E-state index in [1.165, 1.54) is 6.42 Å². The summed E-state index contributed by atoms with van der Waals surface area (Å²) in [5.41, 5.74) is 5.86. The lowest BCUT2D eigenvalue weighted by molar-refractivity contribution is 0.532. The van der Waals surface area contributed by atoms with Crippen molar-refractivity contribution in [2.75, 3.05) is 0 Å². The first-order chi connectivity index (χ1) is 4.75. The summed E-state index contributed by atoms with van der Waals surface area (Å²) in [7, 11) is 0. The Bertz CT molecular complexity index is 145. The van der Waals surface area contributed by atoms with E-state index in [0.717, 1.165) is 24.7 Å². The molecule has 1 saturated carbocycles. The van der Waals surface area contributed by atoms with Gasteiger partial charge in [-0.05, 0) is 24.7 Å². The van der Waals surface area contributed by atoms with Gasteiger partial charge in [-0.1, -0.05) is 6.92 Å². The molecule has 0 aromatic heterocycles. The molecule has 0 radical (unpaired) electrons. The van der Waals surface area contributed by atoms with Gasteiger partial charge in [0.15, 0.2) is 0 Å². The highest BCUT2D eigenvalue weighted by Crippen LogP contribution is 2.40. The lowest BCUT2D eigenvalue weighted by Crippen LogP contribution is -2.22. The quantitative estimate of drug-likeness (QED) is 0.584. The zero-order chi connectivity index (χ0) is 7.56. The van der Waals surface area contributed by atoms with Crippen LogP contribution >= 0.6 is 0 Å². The van der Waals surface area contributed by atoms with Crippen LogP contribution in [0, 0.1) is 24.2 Å². The molecular weight excluding hydrogens is 122 g/mol. The molecule has 0 spiro atoms. The largest absolute Gasteiger partial charge is 0.327 e. The van der Waals surface area contributed by atoms with Crippen LogP contribution in [-0.2, 0) is 0 Å². The van der Waals surface area contributed by atoms with E-state index < -0.39 is 0 Å². The molecule has 1 heteroatoms. The summed E-state index contributed by atoms with van der Waals surface area (Å²) in [5.74, 6) is 4.24. The molecule has 56 valence electrons. The predicted molar refractivity (Wildman–Crippen MR) is 43.3 cm³/mol. The fourth-order valence-electron chi connectivity index (χ4n) is 1.41. The molecule has 3 atom stereocenters. The van der Waals surface area contributed by atoms with Gasteiger partial charge in [0.25, 0.3) is 0 Å². The maximum atomic E-state index is 5.86.